The first-order valence-corrected chi connectivity index (χ1v) is 8.86. The van der Waals surface area contributed by atoms with E-state index in [1.54, 1.807) is 18.2 Å². The number of thioether (sulfide) groups is 1. The fourth-order valence-corrected chi connectivity index (χ4v) is 3.29. The minimum atomic E-state index is -0.270. The highest BCUT2D eigenvalue weighted by molar-refractivity contribution is 8.18. The normalized spacial score (nSPS) is 15.4. The van der Waals surface area contributed by atoms with E-state index < -0.39 is 0 Å². The van der Waals surface area contributed by atoms with Crippen molar-refractivity contribution < 1.29 is 14.3 Å². The second-order valence-electron chi connectivity index (χ2n) is 5.82. The summed E-state index contributed by atoms with van der Waals surface area (Å²) in [5.41, 5.74) is 2.88. The van der Waals surface area contributed by atoms with E-state index in [2.05, 4.69) is 5.92 Å². The molecule has 5 heteroatoms. The van der Waals surface area contributed by atoms with Gasteiger partial charge >= 0.3 is 0 Å². The van der Waals surface area contributed by atoms with Crippen molar-refractivity contribution in [2.45, 2.75) is 13.5 Å². The molecule has 1 fully saturated rings. The first-order valence-electron chi connectivity index (χ1n) is 8.04. The molecule has 0 unspecified atom stereocenters. The van der Waals surface area contributed by atoms with Gasteiger partial charge in [-0.15, -0.1) is 6.42 Å². The monoisotopic (exact) mass is 363 g/mol. The summed E-state index contributed by atoms with van der Waals surface area (Å²) < 4.78 is 5.32. The molecule has 1 aliphatic heterocycles. The summed E-state index contributed by atoms with van der Waals surface area (Å²) in [4.78, 5) is 26.5. The van der Waals surface area contributed by atoms with Gasteiger partial charge in [0, 0.05) is 0 Å². The highest BCUT2D eigenvalue weighted by atomic mass is 32.2. The Morgan fingerprint density at radius 1 is 1.12 bits per heavy atom. The molecule has 130 valence electrons. The number of carbonyl (C=O) groups excluding carboxylic acids is 2. The number of amides is 2. The number of rotatable bonds is 5. The van der Waals surface area contributed by atoms with Crippen LogP contribution in [-0.4, -0.2) is 22.7 Å². The van der Waals surface area contributed by atoms with Crippen LogP contribution in [0, 0.1) is 19.3 Å². The molecule has 2 aromatic carbocycles. The minimum Gasteiger partial charge on any atom is -0.481 e. The molecule has 0 atom stereocenters. The number of hydrogen-bond donors (Lipinski definition) is 0. The second kappa shape index (κ2) is 7.94. The maximum absolute atomic E-state index is 12.6. The third-order valence-electron chi connectivity index (χ3n) is 3.83. The van der Waals surface area contributed by atoms with Crippen LogP contribution in [0.5, 0.6) is 5.75 Å². The second-order valence-corrected chi connectivity index (χ2v) is 6.81. The fourth-order valence-electron chi connectivity index (χ4n) is 2.45. The van der Waals surface area contributed by atoms with Gasteiger partial charge in [0.25, 0.3) is 11.1 Å². The highest BCUT2D eigenvalue weighted by Crippen LogP contribution is 2.33. The molecule has 2 aromatic rings. The summed E-state index contributed by atoms with van der Waals surface area (Å²) in [6.45, 7) is 2.48. The van der Waals surface area contributed by atoms with E-state index in [9.17, 15) is 9.59 Å². The number of terminal acetylenes is 1. The predicted octanol–water partition coefficient (Wildman–Crippen LogP) is 4.24. The SMILES string of the molecule is C#CCOc1ccc(/C=C2\SC(=O)N(Cc3ccc(C)cc3)C2=O)cc1. The van der Waals surface area contributed by atoms with Crippen molar-refractivity contribution in [3.63, 3.8) is 0 Å². The number of benzene rings is 2. The van der Waals surface area contributed by atoms with Crippen LogP contribution in [0.3, 0.4) is 0 Å². The fraction of sp³-hybridized carbons (Fsp3) is 0.143. The smallest absolute Gasteiger partial charge is 0.293 e. The lowest BCUT2D eigenvalue weighted by atomic mass is 10.1. The van der Waals surface area contributed by atoms with E-state index in [1.807, 2.05) is 43.3 Å². The maximum atomic E-state index is 12.6. The van der Waals surface area contributed by atoms with Crippen molar-refractivity contribution in [2.75, 3.05) is 6.61 Å². The molecule has 4 nitrogen and oxygen atoms in total. The molecular weight excluding hydrogens is 346 g/mol. The molecule has 0 aliphatic carbocycles. The Kier molecular flexibility index (Phi) is 5.45. The Labute approximate surface area is 156 Å². The molecule has 0 radical (unpaired) electrons. The van der Waals surface area contributed by atoms with E-state index >= 15 is 0 Å². The average molecular weight is 363 g/mol. The Bertz CT molecular complexity index is 892. The zero-order chi connectivity index (χ0) is 18.5. The summed E-state index contributed by atoms with van der Waals surface area (Å²) in [5, 5.41) is -0.254. The molecule has 0 spiro atoms. The quantitative estimate of drug-likeness (QED) is 0.589. The van der Waals surface area contributed by atoms with Gasteiger partial charge in [-0.1, -0.05) is 47.9 Å². The first kappa shape index (κ1) is 17.8. The molecule has 2 amide bonds. The van der Waals surface area contributed by atoms with Crippen molar-refractivity contribution in [2.24, 2.45) is 0 Å². The summed E-state index contributed by atoms with van der Waals surface area (Å²) in [6, 6.07) is 15.0. The van der Waals surface area contributed by atoms with Crippen molar-refractivity contribution in [3.05, 3.63) is 70.1 Å². The van der Waals surface area contributed by atoms with E-state index in [0.717, 1.165) is 28.5 Å². The summed E-state index contributed by atoms with van der Waals surface area (Å²) >= 11 is 0.958. The zero-order valence-electron chi connectivity index (χ0n) is 14.3. The molecule has 0 aromatic heterocycles. The van der Waals surface area contributed by atoms with Crippen LogP contribution in [0.25, 0.3) is 6.08 Å². The molecule has 3 rings (SSSR count). The van der Waals surface area contributed by atoms with E-state index in [1.165, 1.54) is 4.90 Å². The minimum absolute atomic E-state index is 0.206. The lowest BCUT2D eigenvalue weighted by molar-refractivity contribution is -0.123. The van der Waals surface area contributed by atoms with Crippen LogP contribution in [0.15, 0.2) is 53.4 Å². The highest BCUT2D eigenvalue weighted by Gasteiger charge is 2.34. The van der Waals surface area contributed by atoms with E-state index in [4.69, 9.17) is 11.2 Å². The number of ether oxygens (including phenoxy) is 1. The van der Waals surface area contributed by atoms with Gasteiger partial charge in [-0.05, 0) is 48.0 Å². The molecule has 1 saturated heterocycles. The molecule has 0 saturated carbocycles. The van der Waals surface area contributed by atoms with Crippen LogP contribution in [-0.2, 0) is 11.3 Å². The van der Waals surface area contributed by atoms with Crippen LogP contribution >= 0.6 is 11.8 Å². The first-order chi connectivity index (χ1) is 12.6. The largest absolute Gasteiger partial charge is 0.481 e. The lowest BCUT2D eigenvalue weighted by Gasteiger charge is -2.12. The number of aryl methyl sites for hydroxylation is 1. The summed E-state index contributed by atoms with van der Waals surface area (Å²) in [7, 11) is 0. The summed E-state index contributed by atoms with van der Waals surface area (Å²) in [6.07, 6.45) is 6.87. The van der Waals surface area contributed by atoms with Gasteiger partial charge in [0.1, 0.15) is 12.4 Å². The van der Waals surface area contributed by atoms with E-state index in [0.29, 0.717) is 10.7 Å². The van der Waals surface area contributed by atoms with Crippen LogP contribution in [0.4, 0.5) is 4.79 Å². The van der Waals surface area contributed by atoms with Crippen LogP contribution in [0.1, 0.15) is 16.7 Å². The van der Waals surface area contributed by atoms with Crippen LogP contribution < -0.4 is 4.74 Å². The summed E-state index contributed by atoms with van der Waals surface area (Å²) in [5.74, 6) is 2.79. The number of hydrogen-bond acceptors (Lipinski definition) is 4. The molecular formula is C21H17NO3S. The lowest BCUT2D eigenvalue weighted by Crippen LogP contribution is -2.27. The van der Waals surface area contributed by atoms with E-state index in [-0.39, 0.29) is 24.3 Å². The van der Waals surface area contributed by atoms with Crippen molar-refractivity contribution in [3.8, 4) is 18.1 Å². The molecule has 1 aliphatic rings. The average Bonchev–Trinajstić information content (AvgIpc) is 2.90. The van der Waals surface area contributed by atoms with Gasteiger partial charge in [0.05, 0.1) is 11.4 Å². The Morgan fingerprint density at radius 2 is 1.81 bits per heavy atom. The zero-order valence-corrected chi connectivity index (χ0v) is 15.1. The van der Waals surface area contributed by atoms with Crippen molar-refractivity contribution in [1.82, 2.24) is 4.90 Å². The third kappa shape index (κ3) is 4.16. The topological polar surface area (TPSA) is 46.6 Å². The Hall–Kier alpha value is -2.97. The van der Waals surface area contributed by atoms with Crippen molar-refractivity contribution in [1.29, 1.82) is 0 Å². The Balaban J connectivity index is 1.72. The van der Waals surface area contributed by atoms with Gasteiger partial charge in [-0.25, -0.2) is 0 Å². The van der Waals surface area contributed by atoms with Gasteiger partial charge in [-0.2, -0.15) is 0 Å². The number of imide groups is 1. The van der Waals surface area contributed by atoms with Crippen LogP contribution in [0.2, 0.25) is 0 Å². The van der Waals surface area contributed by atoms with Gasteiger partial charge in [0.2, 0.25) is 0 Å². The number of nitrogens with zero attached hydrogens (tertiary/aromatic N) is 1. The predicted molar refractivity (Wildman–Crippen MR) is 103 cm³/mol. The molecule has 0 N–H and O–H groups in total. The Morgan fingerprint density at radius 3 is 2.46 bits per heavy atom. The molecule has 26 heavy (non-hydrogen) atoms. The van der Waals surface area contributed by atoms with Gasteiger partial charge in [-0.3, -0.25) is 14.5 Å². The maximum Gasteiger partial charge on any atom is 0.293 e. The third-order valence-corrected chi connectivity index (χ3v) is 4.74. The van der Waals surface area contributed by atoms with Gasteiger partial charge < -0.3 is 4.74 Å². The molecule has 1 heterocycles. The standard InChI is InChI=1S/C21H17NO3S/c1-3-12-25-18-10-8-16(9-11-18)13-19-20(23)22(21(24)26-19)14-17-6-4-15(2)5-7-17/h1,4-11,13H,12,14H2,2H3/b19-13-. The van der Waals surface area contributed by atoms with Crippen molar-refractivity contribution >= 4 is 29.0 Å². The molecule has 0 bridgehead atoms. The number of carbonyl (C=O) groups is 2. The van der Waals surface area contributed by atoms with Gasteiger partial charge in [0.15, 0.2) is 0 Å².